The zero-order chi connectivity index (χ0) is 18.4. The molecule has 0 radical (unpaired) electrons. The van der Waals surface area contributed by atoms with E-state index in [1.807, 2.05) is 6.92 Å². The number of carbonyl (C=O) groups is 2. The molecule has 0 saturated carbocycles. The molecule has 6 heteroatoms. The van der Waals surface area contributed by atoms with E-state index < -0.39 is 6.10 Å². The maximum absolute atomic E-state index is 13.0. The number of halogens is 1. The van der Waals surface area contributed by atoms with Crippen molar-refractivity contribution in [2.45, 2.75) is 32.9 Å². The van der Waals surface area contributed by atoms with E-state index in [0.717, 1.165) is 5.56 Å². The second kappa shape index (κ2) is 8.28. The summed E-state index contributed by atoms with van der Waals surface area (Å²) >= 11 is 0. The van der Waals surface area contributed by atoms with Gasteiger partial charge in [-0.15, -0.1) is 0 Å². The fourth-order valence-corrected chi connectivity index (χ4v) is 2.27. The van der Waals surface area contributed by atoms with Crippen LogP contribution in [0.5, 0.6) is 5.75 Å². The van der Waals surface area contributed by atoms with E-state index in [9.17, 15) is 14.0 Å². The zero-order valence-corrected chi connectivity index (χ0v) is 14.4. The monoisotopic (exact) mass is 344 g/mol. The van der Waals surface area contributed by atoms with E-state index >= 15 is 0 Å². The van der Waals surface area contributed by atoms with Crippen LogP contribution in [-0.2, 0) is 9.59 Å². The zero-order valence-electron chi connectivity index (χ0n) is 14.4. The van der Waals surface area contributed by atoms with Gasteiger partial charge in [-0.05, 0) is 43.7 Å². The van der Waals surface area contributed by atoms with Crippen molar-refractivity contribution >= 4 is 17.5 Å². The number of hydrogen-bond donors (Lipinski definition) is 2. The number of carbonyl (C=O) groups excluding carboxylic acids is 2. The van der Waals surface area contributed by atoms with Crippen LogP contribution in [0.25, 0.3) is 0 Å². The number of rotatable bonds is 6. The highest BCUT2D eigenvalue weighted by atomic mass is 19.1. The third kappa shape index (κ3) is 5.31. The molecule has 0 bridgehead atoms. The van der Waals surface area contributed by atoms with Crippen molar-refractivity contribution in [1.29, 1.82) is 0 Å². The predicted molar refractivity (Wildman–Crippen MR) is 93.8 cm³/mol. The van der Waals surface area contributed by atoms with E-state index in [1.54, 1.807) is 43.3 Å². The summed E-state index contributed by atoms with van der Waals surface area (Å²) < 4.78 is 18.7. The molecule has 25 heavy (non-hydrogen) atoms. The minimum atomic E-state index is -0.766. The Kier molecular flexibility index (Phi) is 6.11. The molecule has 2 unspecified atom stereocenters. The average Bonchev–Trinajstić information content (AvgIpc) is 2.56. The van der Waals surface area contributed by atoms with Gasteiger partial charge in [-0.25, -0.2) is 4.39 Å². The van der Waals surface area contributed by atoms with Crippen LogP contribution in [-0.4, -0.2) is 17.9 Å². The van der Waals surface area contributed by atoms with E-state index in [1.165, 1.54) is 19.1 Å². The lowest BCUT2D eigenvalue weighted by Crippen LogP contribution is -2.37. The molecule has 0 saturated heterocycles. The number of benzene rings is 2. The maximum Gasteiger partial charge on any atom is 0.261 e. The van der Waals surface area contributed by atoms with Gasteiger partial charge in [0.25, 0.3) is 5.91 Å². The minimum absolute atomic E-state index is 0.224. The summed E-state index contributed by atoms with van der Waals surface area (Å²) in [6.07, 6.45) is -0.766. The summed E-state index contributed by atoms with van der Waals surface area (Å²) in [4.78, 5) is 23.6. The predicted octanol–water partition coefficient (Wildman–Crippen LogP) is 3.43. The highest BCUT2D eigenvalue weighted by Crippen LogP contribution is 2.25. The summed E-state index contributed by atoms with van der Waals surface area (Å²) in [5.41, 5.74) is 1.29. The molecule has 0 aliphatic carbocycles. The van der Waals surface area contributed by atoms with E-state index in [4.69, 9.17) is 4.74 Å². The first-order chi connectivity index (χ1) is 11.9. The molecular weight excluding hydrogens is 323 g/mol. The highest BCUT2D eigenvalue weighted by molar-refractivity contribution is 5.90. The molecule has 0 fully saturated rings. The van der Waals surface area contributed by atoms with Gasteiger partial charge in [0.15, 0.2) is 6.10 Å². The third-order valence-electron chi connectivity index (χ3n) is 3.60. The average molecular weight is 344 g/mol. The molecule has 2 atom stereocenters. The van der Waals surface area contributed by atoms with Crippen molar-refractivity contribution in [3.05, 3.63) is 59.9 Å². The van der Waals surface area contributed by atoms with Gasteiger partial charge in [0.1, 0.15) is 11.6 Å². The van der Waals surface area contributed by atoms with Gasteiger partial charge in [0.2, 0.25) is 5.91 Å². The molecule has 5 nitrogen and oxygen atoms in total. The van der Waals surface area contributed by atoms with Gasteiger partial charge in [-0.1, -0.05) is 24.3 Å². The first-order valence-corrected chi connectivity index (χ1v) is 7.96. The molecule has 2 N–H and O–H groups in total. The van der Waals surface area contributed by atoms with Crippen LogP contribution < -0.4 is 15.4 Å². The van der Waals surface area contributed by atoms with Crippen LogP contribution in [0.4, 0.5) is 10.1 Å². The van der Waals surface area contributed by atoms with Gasteiger partial charge >= 0.3 is 0 Å². The Balaban J connectivity index is 2.01. The Labute approximate surface area is 146 Å². The molecule has 2 amide bonds. The number of amides is 2. The number of nitrogens with one attached hydrogen (secondary N) is 2. The Morgan fingerprint density at radius 3 is 2.32 bits per heavy atom. The summed E-state index contributed by atoms with van der Waals surface area (Å²) in [6.45, 7) is 4.83. The molecule has 0 heterocycles. The van der Waals surface area contributed by atoms with Crippen molar-refractivity contribution in [3.8, 4) is 5.75 Å². The second-order valence-corrected chi connectivity index (χ2v) is 5.72. The number of ether oxygens (including phenoxy) is 1. The van der Waals surface area contributed by atoms with Gasteiger partial charge in [-0.2, -0.15) is 0 Å². The smallest absolute Gasteiger partial charge is 0.261 e. The molecule has 2 rings (SSSR count). The lowest BCUT2D eigenvalue weighted by Gasteiger charge is -2.20. The van der Waals surface area contributed by atoms with Crippen molar-refractivity contribution < 1.29 is 18.7 Å². The largest absolute Gasteiger partial charge is 0.479 e. The second-order valence-electron chi connectivity index (χ2n) is 5.72. The van der Waals surface area contributed by atoms with Gasteiger partial charge in [0, 0.05) is 6.92 Å². The van der Waals surface area contributed by atoms with Crippen LogP contribution in [0.2, 0.25) is 0 Å². The van der Waals surface area contributed by atoms with Crippen molar-refractivity contribution in [1.82, 2.24) is 5.32 Å². The SMILES string of the molecule is CC(=O)Nc1ccccc1OC(C)C(=O)NC(C)c1ccc(F)cc1. The number of hydrogen-bond acceptors (Lipinski definition) is 3. The van der Waals surface area contributed by atoms with E-state index in [2.05, 4.69) is 10.6 Å². The van der Waals surface area contributed by atoms with Crippen molar-refractivity contribution in [2.75, 3.05) is 5.32 Å². The number of para-hydroxylation sites is 2. The van der Waals surface area contributed by atoms with Crippen LogP contribution in [0.1, 0.15) is 32.4 Å². The topological polar surface area (TPSA) is 67.4 Å². The third-order valence-corrected chi connectivity index (χ3v) is 3.60. The summed E-state index contributed by atoms with van der Waals surface area (Å²) in [6, 6.07) is 12.6. The Hall–Kier alpha value is -2.89. The van der Waals surface area contributed by atoms with Crippen LogP contribution in [0.3, 0.4) is 0 Å². The summed E-state index contributed by atoms with van der Waals surface area (Å²) in [5.74, 6) is -0.448. The molecule has 0 aliphatic rings. The maximum atomic E-state index is 13.0. The molecule has 2 aromatic carbocycles. The van der Waals surface area contributed by atoms with Gasteiger partial charge in [-0.3, -0.25) is 9.59 Å². The van der Waals surface area contributed by atoms with Crippen LogP contribution in [0, 0.1) is 5.82 Å². The normalized spacial score (nSPS) is 12.8. The Morgan fingerprint density at radius 2 is 1.68 bits per heavy atom. The molecule has 0 spiro atoms. The fraction of sp³-hybridized carbons (Fsp3) is 0.263. The van der Waals surface area contributed by atoms with Gasteiger partial charge in [0.05, 0.1) is 11.7 Å². The Morgan fingerprint density at radius 1 is 1.04 bits per heavy atom. The highest BCUT2D eigenvalue weighted by Gasteiger charge is 2.19. The standard InChI is InChI=1S/C19H21FN2O3/c1-12(15-8-10-16(20)11-9-15)21-19(24)13(2)25-18-7-5-4-6-17(18)22-14(3)23/h4-13H,1-3H3,(H,21,24)(H,22,23). The first kappa shape index (κ1) is 18.4. The van der Waals surface area contributed by atoms with Crippen LogP contribution in [0.15, 0.2) is 48.5 Å². The molecule has 0 aromatic heterocycles. The number of anilines is 1. The molecule has 0 aliphatic heterocycles. The van der Waals surface area contributed by atoms with Crippen molar-refractivity contribution in [3.63, 3.8) is 0 Å². The summed E-state index contributed by atoms with van der Waals surface area (Å²) in [7, 11) is 0. The lowest BCUT2D eigenvalue weighted by molar-refractivity contribution is -0.127. The van der Waals surface area contributed by atoms with E-state index in [-0.39, 0.29) is 23.7 Å². The van der Waals surface area contributed by atoms with Crippen molar-refractivity contribution in [2.24, 2.45) is 0 Å². The lowest BCUT2D eigenvalue weighted by atomic mass is 10.1. The Bertz CT molecular complexity index is 747. The molecule has 2 aromatic rings. The minimum Gasteiger partial charge on any atom is -0.479 e. The quantitative estimate of drug-likeness (QED) is 0.844. The van der Waals surface area contributed by atoms with E-state index in [0.29, 0.717) is 11.4 Å². The fourth-order valence-electron chi connectivity index (χ4n) is 2.27. The molecule has 132 valence electrons. The van der Waals surface area contributed by atoms with Crippen LogP contribution >= 0.6 is 0 Å². The molecular formula is C19H21FN2O3. The first-order valence-electron chi connectivity index (χ1n) is 7.96. The van der Waals surface area contributed by atoms with Gasteiger partial charge < -0.3 is 15.4 Å². The summed E-state index contributed by atoms with van der Waals surface area (Å²) in [5, 5.41) is 5.48.